The molecule has 2 fully saturated rings. The lowest BCUT2D eigenvalue weighted by Gasteiger charge is -2.16. The van der Waals surface area contributed by atoms with E-state index in [4.69, 9.17) is 6.42 Å². The number of nitrogens with zero attached hydrogens (tertiary/aromatic N) is 1. The van der Waals surface area contributed by atoms with Crippen LogP contribution in [0.2, 0.25) is 0 Å². The largest absolute Gasteiger partial charge is 0.300 e. The Morgan fingerprint density at radius 3 is 2.35 bits per heavy atom. The molecule has 2 amide bonds. The molecule has 1 saturated heterocycles. The molecule has 4 atom stereocenters. The molecule has 0 radical (unpaired) electrons. The van der Waals surface area contributed by atoms with E-state index in [1.54, 1.807) is 0 Å². The van der Waals surface area contributed by atoms with Gasteiger partial charge in [-0.3, -0.25) is 19.3 Å². The second kappa shape index (κ2) is 4.90. The standard InChI is InChI=1S/C16H17NO3/c1-2-3-4-12(18)7-8-17-15(19)13-10-5-6-11(9-10)14(13)16(17)20/h1,5-6,10-11,13-14H,3-4,7-9H2/t10?,11?,13-,14+. The van der Waals surface area contributed by atoms with Crippen LogP contribution >= 0.6 is 0 Å². The van der Waals surface area contributed by atoms with Crippen molar-refractivity contribution in [2.45, 2.75) is 25.7 Å². The highest BCUT2D eigenvalue weighted by molar-refractivity contribution is 6.06. The summed E-state index contributed by atoms with van der Waals surface area (Å²) in [6.45, 7) is 0.216. The van der Waals surface area contributed by atoms with Gasteiger partial charge >= 0.3 is 0 Å². The monoisotopic (exact) mass is 271 g/mol. The van der Waals surface area contributed by atoms with Crippen LogP contribution < -0.4 is 0 Å². The smallest absolute Gasteiger partial charge is 0.233 e. The van der Waals surface area contributed by atoms with Crippen LogP contribution in [-0.4, -0.2) is 29.0 Å². The summed E-state index contributed by atoms with van der Waals surface area (Å²) in [6.07, 6.45) is 11.1. The summed E-state index contributed by atoms with van der Waals surface area (Å²) in [7, 11) is 0. The van der Waals surface area contributed by atoms with E-state index in [1.165, 1.54) is 4.90 Å². The molecule has 3 rings (SSSR count). The fourth-order valence-corrected chi connectivity index (χ4v) is 3.76. The highest BCUT2D eigenvalue weighted by Crippen LogP contribution is 2.52. The Hall–Kier alpha value is -1.89. The summed E-state index contributed by atoms with van der Waals surface area (Å²) in [5, 5.41) is 0. The zero-order chi connectivity index (χ0) is 14.3. The van der Waals surface area contributed by atoms with Gasteiger partial charge in [0.15, 0.2) is 0 Å². The van der Waals surface area contributed by atoms with E-state index in [0.717, 1.165) is 6.42 Å². The third-order valence-corrected chi connectivity index (χ3v) is 4.72. The topological polar surface area (TPSA) is 54.5 Å². The number of imide groups is 1. The number of carbonyl (C=O) groups is 3. The number of Topliss-reactive ketones (excluding diaryl/α,β-unsaturated/α-hetero) is 1. The van der Waals surface area contributed by atoms with E-state index in [9.17, 15) is 14.4 Å². The highest BCUT2D eigenvalue weighted by atomic mass is 16.2. The summed E-state index contributed by atoms with van der Waals surface area (Å²) >= 11 is 0. The van der Waals surface area contributed by atoms with Crippen molar-refractivity contribution in [3.05, 3.63) is 12.2 Å². The van der Waals surface area contributed by atoms with E-state index in [1.807, 2.05) is 0 Å². The third kappa shape index (κ3) is 1.89. The van der Waals surface area contributed by atoms with Gasteiger partial charge in [-0.2, -0.15) is 0 Å². The summed E-state index contributed by atoms with van der Waals surface area (Å²) in [6, 6.07) is 0. The number of amides is 2. The van der Waals surface area contributed by atoms with Crippen LogP contribution in [0.15, 0.2) is 12.2 Å². The van der Waals surface area contributed by atoms with Crippen LogP contribution in [0.25, 0.3) is 0 Å². The molecule has 1 aliphatic heterocycles. The third-order valence-electron chi connectivity index (χ3n) is 4.72. The van der Waals surface area contributed by atoms with Gasteiger partial charge in [0.25, 0.3) is 0 Å². The Morgan fingerprint density at radius 1 is 1.20 bits per heavy atom. The van der Waals surface area contributed by atoms with Gasteiger partial charge in [0.2, 0.25) is 11.8 Å². The van der Waals surface area contributed by atoms with Gasteiger partial charge in [-0.25, -0.2) is 0 Å². The van der Waals surface area contributed by atoms with Crippen molar-refractivity contribution in [2.75, 3.05) is 6.54 Å². The molecule has 0 aromatic rings. The molecule has 1 saturated carbocycles. The van der Waals surface area contributed by atoms with Crippen LogP contribution in [0.3, 0.4) is 0 Å². The van der Waals surface area contributed by atoms with E-state index >= 15 is 0 Å². The molecule has 0 aromatic heterocycles. The maximum absolute atomic E-state index is 12.3. The fraction of sp³-hybridized carbons (Fsp3) is 0.562. The van der Waals surface area contributed by atoms with E-state index in [0.29, 0.717) is 12.8 Å². The molecule has 20 heavy (non-hydrogen) atoms. The predicted octanol–water partition coefficient (Wildman–Crippen LogP) is 1.17. The first-order valence-electron chi connectivity index (χ1n) is 7.12. The minimum atomic E-state index is -0.168. The van der Waals surface area contributed by atoms with E-state index in [2.05, 4.69) is 18.1 Å². The zero-order valence-corrected chi connectivity index (χ0v) is 11.2. The molecular formula is C16H17NO3. The van der Waals surface area contributed by atoms with Crippen LogP contribution in [-0.2, 0) is 14.4 Å². The maximum Gasteiger partial charge on any atom is 0.233 e. The van der Waals surface area contributed by atoms with Gasteiger partial charge in [-0.1, -0.05) is 12.2 Å². The summed E-state index contributed by atoms with van der Waals surface area (Å²) < 4.78 is 0. The van der Waals surface area contributed by atoms with Crippen LogP contribution in [0, 0.1) is 36.0 Å². The Labute approximate surface area is 118 Å². The molecule has 0 spiro atoms. The molecule has 3 aliphatic rings. The Morgan fingerprint density at radius 2 is 1.80 bits per heavy atom. The molecular weight excluding hydrogens is 254 g/mol. The van der Waals surface area contributed by atoms with Crippen molar-refractivity contribution in [3.63, 3.8) is 0 Å². The zero-order valence-electron chi connectivity index (χ0n) is 11.2. The van der Waals surface area contributed by atoms with Crippen molar-refractivity contribution in [2.24, 2.45) is 23.7 Å². The average molecular weight is 271 g/mol. The second-order valence-corrected chi connectivity index (χ2v) is 5.82. The Kier molecular flexibility index (Phi) is 3.21. The van der Waals surface area contributed by atoms with Gasteiger partial charge in [0.1, 0.15) is 5.78 Å². The SMILES string of the molecule is C#CCCC(=O)CCN1C(=O)[C@@H]2C3C=CC(C3)[C@@H]2C1=O. The van der Waals surface area contributed by atoms with Gasteiger partial charge in [-0.15, -0.1) is 12.3 Å². The molecule has 1 heterocycles. The maximum atomic E-state index is 12.3. The van der Waals surface area contributed by atoms with E-state index in [-0.39, 0.29) is 54.2 Å². The molecule has 2 bridgehead atoms. The lowest BCUT2D eigenvalue weighted by Crippen LogP contribution is -2.34. The number of carbonyl (C=O) groups excluding carboxylic acids is 3. The molecule has 4 heteroatoms. The number of rotatable bonds is 5. The summed E-state index contributed by atoms with van der Waals surface area (Å²) in [4.78, 5) is 37.6. The van der Waals surface area contributed by atoms with Crippen molar-refractivity contribution in [1.29, 1.82) is 0 Å². The fourth-order valence-electron chi connectivity index (χ4n) is 3.76. The minimum Gasteiger partial charge on any atom is -0.300 e. The number of fused-ring (bicyclic) bond motifs is 5. The summed E-state index contributed by atoms with van der Waals surface area (Å²) in [5.41, 5.74) is 0. The van der Waals surface area contributed by atoms with Gasteiger partial charge in [0, 0.05) is 25.8 Å². The van der Waals surface area contributed by atoms with Crippen LogP contribution in [0.4, 0.5) is 0 Å². The molecule has 4 nitrogen and oxygen atoms in total. The lowest BCUT2D eigenvalue weighted by molar-refractivity contribution is -0.140. The lowest BCUT2D eigenvalue weighted by atomic mass is 9.85. The number of likely N-dealkylation sites (tertiary alicyclic amines) is 1. The van der Waals surface area contributed by atoms with E-state index < -0.39 is 0 Å². The van der Waals surface area contributed by atoms with Gasteiger partial charge in [-0.05, 0) is 18.3 Å². The Balaban J connectivity index is 1.62. The van der Waals surface area contributed by atoms with Crippen LogP contribution in [0.1, 0.15) is 25.7 Å². The quantitative estimate of drug-likeness (QED) is 0.428. The first kappa shape index (κ1) is 13.1. The normalized spacial score (nSPS) is 33.6. The second-order valence-electron chi connectivity index (χ2n) is 5.82. The molecule has 2 aliphatic carbocycles. The molecule has 0 aromatic carbocycles. The average Bonchev–Trinajstić information content (AvgIpc) is 3.10. The number of ketones is 1. The van der Waals surface area contributed by atoms with Crippen molar-refractivity contribution in [1.82, 2.24) is 4.90 Å². The van der Waals surface area contributed by atoms with Crippen molar-refractivity contribution >= 4 is 17.6 Å². The van der Waals surface area contributed by atoms with Crippen LogP contribution in [0.5, 0.6) is 0 Å². The first-order valence-corrected chi connectivity index (χ1v) is 7.12. The van der Waals surface area contributed by atoms with Gasteiger partial charge in [0.05, 0.1) is 11.8 Å². The number of hydrogen-bond donors (Lipinski definition) is 0. The molecule has 2 unspecified atom stereocenters. The first-order chi connectivity index (χ1) is 9.63. The molecule has 104 valence electrons. The van der Waals surface area contributed by atoms with Gasteiger partial charge < -0.3 is 0 Å². The predicted molar refractivity (Wildman–Crippen MR) is 72.1 cm³/mol. The summed E-state index contributed by atoms with van der Waals surface area (Å²) in [5.74, 6) is 2.39. The number of terminal acetylenes is 1. The van der Waals surface area contributed by atoms with Crippen molar-refractivity contribution in [3.8, 4) is 12.3 Å². The molecule has 0 N–H and O–H groups in total. The number of allylic oxidation sites excluding steroid dienone is 2. The Bertz CT molecular complexity index is 512. The number of hydrogen-bond acceptors (Lipinski definition) is 3. The van der Waals surface area contributed by atoms with Crippen molar-refractivity contribution < 1.29 is 14.4 Å². The highest BCUT2D eigenvalue weighted by Gasteiger charge is 2.58. The minimum absolute atomic E-state index is 0.0155.